The van der Waals surface area contributed by atoms with Gasteiger partial charge >= 0.3 is 5.97 Å². The maximum Gasteiger partial charge on any atom is 0.331 e. The number of nitrogens with zero attached hydrogens (tertiary/aromatic N) is 3. The van der Waals surface area contributed by atoms with Gasteiger partial charge in [0, 0.05) is 35.6 Å². The van der Waals surface area contributed by atoms with E-state index >= 15 is 0 Å². The van der Waals surface area contributed by atoms with Crippen molar-refractivity contribution in [2.75, 3.05) is 0 Å². The minimum Gasteiger partial charge on any atom is -0.490 e. The highest BCUT2D eigenvalue weighted by Crippen LogP contribution is 2.22. The van der Waals surface area contributed by atoms with Crippen LogP contribution in [-0.2, 0) is 16.1 Å². The van der Waals surface area contributed by atoms with E-state index in [4.69, 9.17) is 21.1 Å². The number of esters is 1. The van der Waals surface area contributed by atoms with Crippen LogP contribution in [0.25, 0.3) is 11.0 Å². The Labute approximate surface area is 153 Å². The van der Waals surface area contributed by atoms with Crippen molar-refractivity contribution in [2.24, 2.45) is 0 Å². The number of hydrogen-bond acceptors (Lipinski definition) is 6. The molecule has 130 valence electrons. The van der Waals surface area contributed by atoms with Crippen LogP contribution in [0.4, 0.5) is 0 Å². The predicted molar refractivity (Wildman–Crippen MR) is 96.9 cm³/mol. The Morgan fingerprint density at radius 1 is 1.48 bits per heavy atom. The van der Waals surface area contributed by atoms with Crippen LogP contribution in [0.15, 0.2) is 36.1 Å². The van der Waals surface area contributed by atoms with Crippen LogP contribution in [0.5, 0.6) is 5.75 Å². The van der Waals surface area contributed by atoms with Crippen molar-refractivity contribution < 1.29 is 14.3 Å². The maximum atomic E-state index is 12.0. The fourth-order valence-electron chi connectivity index (χ4n) is 2.16. The summed E-state index contributed by atoms with van der Waals surface area (Å²) >= 11 is 7.55. The molecule has 0 fully saturated rings. The number of imidazole rings is 1. The van der Waals surface area contributed by atoms with Crippen molar-refractivity contribution in [3.05, 3.63) is 52.5 Å². The molecule has 6 nitrogen and oxygen atoms in total. The van der Waals surface area contributed by atoms with Crippen LogP contribution in [0.2, 0.25) is 5.15 Å². The second-order valence-corrected chi connectivity index (χ2v) is 6.67. The number of ether oxygens (including phenoxy) is 2. The van der Waals surface area contributed by atoms with E-state index in [2.05, 4.69) is 9.97 Å². The second-order valence-electron chi connectivity index (χ2n) is 5.43. The molecule has 25 heavy (non-hydrogen) atoms. The number of pyridine rings is 1. The Balaban J connectivity index is 1.66. The number of halogens is 1. The summed E-state index contributed by atoms with van der Waals surface area (Å²) in [6, 6.07) is 1.75. The molecule has 0 aliphatic rings. The first-order valence-electron chi connectivity index (χ1n) is 7.60. The molecule has 0 radical (unpaired) electrons. The number of fused-ring (bicyclic) bond motifs is 1. The molecule has 0 saturated heterocycles. The molecule has 0 aromatic carbocycles. The Morgan fingerprint density at radius 2 is 2.32 bits per heavy atom. The lowest BCUT2D eigenvalue weighted by Gasteiger charge is -2.13. The van der Waals surface area contributed by atoms with E-state index in [1.165, 1.54) is 17.4 Å². The lowest BCUT2D eigenvalue weighted by Crippen LogP contribution is -2.09. The summed E-state index contributed by atoms with van der Waals surface area (Å²) < 4.78 is 12.8. The third kappa shape index (κ3) is 4.18. The molecule has 0 bridgehead atoms. The average molecular weight is 378 g/mol. The summed E-state index contributed by atoms with van der Waals surface area (Å²) in [4.78, 5) is 21.0. The Kier molecular flexibility index (Phi) is 5.35. The van der Waals surface area contributed by atoms with Gasteiger partial charge in [-0.05, 0) is 26.0 Å². The van der Waals surface area contributed by atoms with Gasteiger partial charge in [0.25, 0.3) is 0 Å². The maximum absolute atomic E-state index is 12.0. The minimum atomic E-state index is -0.486. The van der Waals surface area contributed by atoms with Gasteiger partial charge in [-0.15, -0.1) is 11.3 Å². The summed E-state index contributed by atoms with van der Waals surface area (Å²) in [5.41, 5.74) is 1.35. The summed E-state index contributed by atoms with van der Waals surface area (Å²) in [5, 5.41) is 2.24. The van der Waals surface area contributed by atoms with Crippen LogP contribution in [0.3, 0.4) is 0 Å². The zero-order valence-electron chi connectivity index (χ0n) is 13.7. The molecule has 3 aromatic rings. The van der Waals surface area contributed by atoms with E-state index in [1.807, 2.05) is 29.8 Å². The number of aromatic nitrogens is 3. The molecule has 0 aliphatic carbocycles. The van der Waals surface area contributed by atoms with Crippen LogP contribution >= 0.6 is 22.9 Å². The highest BCUT2D eigenvalue weighted by molar-refractivity contribution is 7.15. The van der Waals surface area contributed by atoms with Crippen molar-refractivity contribution in [1.82, 2.24) is 14.4 Å². The number of hydrogen-bond donors (Lipinski definition) is 0. The van der Waals surface area contributed by atoms with Crippen molar-refractivity contribution in [3.8, 4) is 5.75 Å². The van der Waals surface area contributed by atoms with Gasteiger partial charge < -0.3 is 9.47 Å². The van der Waals surface area contributed by atoms with Crippen LogP contribution in [0.1, 0.15) is 25.1 Å². The van der Waals surface area contributed by atoms with Gasteiger partial charge in [0.2, 0.25) is 0 Å². The normalized spacial score (nSPS) is 11.5. The van der Waals surface area contributed by atoms with E-state index in [9.17, 15) is 4.79 Å². The molecule has 8 heteroatoms. The quantitative estimate of drug-likeness (QED) is 0.480. The van der Waals surface area contributed by atoms with Gasteiger partial charge in [0.05, 0.1) is 11.8 Å². The van der Waals surface area contributed by atoms with Crippen molar-refractivity contribution in [3.63, 3.8) is 0 Å². The molecule has 0 N–H and O–H groups in total. The lowest BCUT2D eigenvalue weighted by atomic mass is 10.2. The van der Waals surface area contributed by atoms with Gasteiger partial charge in [0.15, 0.2) is 10.1 Å². The van der Waals surface area contributed by atoms with Crippen molar-refractivity contribution in [1.29, 1.82) is 0 Å². The van der Waals surface area contributed by atoms with E-state index < -0.39 is 5.97 Å². The van der Waals surface area contributed by atoms with E-state index in [-0.39, 0.29) is 12.7 Å². The highest BCUT2D eigenvalue weighted by atomic mass is 35.5. The molecule has 0 aliphatic heterocycles. The van der Waals surface area contributed by atoms with E-state index in [1.54, 1.807) is 24.5 Å². The first-order valence-corrected chi connectivity index (χ1v) is 8.86. The lowest BCUT2D eigenvalue weighted by molar-refractivity contribution is -0.138. The molecule has 3 rings (SSSR count). The van der Waals surface area contributed by atoms with E-state index in [0.717, 1.165) is 4.96 Å². The predicted octanol–water partition coefficient (Wildman–Crippen LogP) is 3.99. The number of carbonyl (C=O) groups is 1. The SMILES string of the molecule is CC(C)Oc1ccncc1COC(=O)/C=C/c1c(Cl)nc2sccn12. The molecule has 3 heterocycles. The highest BCUT2D eigenvalue weighted by Gasteiger charge is 2.10. The minimum absolute atomic E-state index is 0.0220. The average Bonchev–Trinajstić information content (AvgIpc) is 3.12. The van der Waals surface area contributed by atoms with Gasteiger partial charge in [0.1, 0.15) is 12.4 Å². The summed E-state index contributed by atoms with van der Waals surface area (Å²) in [6.45, 7) is 3.94. The topological polar surface area (TPSA) is 65.7 Å². The summed E-state index contributed by atoms with van der Waals surface area (Å²) in [7, 11) is 0. The van der Waals surface area contributed by atoms with E-state index in [0.29, 0.717) is 22.2 Å². The summed E-state index contributed by atoms with van der Waals surface area (Å²) in [6.07, 6.45) is 8.04. The van der Waals surface area contributed by atoms with Crippen LogP contribution in [-0.4, -0.2) is 26.4 Å². The Hall–Kier alpha value is -2.38. The standard InChI is InChI=1S/C17H16ClN3O3S/c1-11(2)24-14-5-6-19-9-12(14)10-23-15(22)4-3-13-16(18)20-17-21(13)7-8-25-17/h3-9,11H,10H2,1-2H3/b4-3+. The number of rotatable bonds is 6. The Morgan fingerprint density at radius 3 is 3.12 bits per heavy atom. The first-order chi connectivity index (χ1) is 12.0. The largest absolute Gasteiger partial charge is 0.490 e. The first kappa shape index (κ1) is 17.4. The smallest absolute Gasteiger partial charge is 0.331 e. The van der Waals surface area contributed by atoms with Gasteiger partial charge in [-0.1, -0.05) is 11.6 Å². The number of carbonyl (C=O) groups excluding carboxylic acids is 1. The van der Waals surface area contributed by atoms with Crippen LogP contribution < -0.4 is 4.74 Å². The zero-order chi connectivity index (χ0) is 17.8. The van der Waals surface area contributed by atoms with Crippen LogP contribution in [0, 0.1) is 0 Å². The monoisotopic (exact) mass is 377 g/mol. The molecule has 0 saturated carbocycles. The second kappa shape index (κ2) is 7.67. The molecule has 0 unspecified atom stereocenters. The molecular weight excluding hydrogens is 362 g/mol. The van der Waals surface area contributed by atoms with Crippen molar-refractivity contribution in [2.45, 2.75) is 26.6 Å². The zero-order valence-corrected chi connectivity index (χ0v) is 15.3. The van der Waals surface area contributed by atoms with Gasteiger partial charge in [-0.3, -0.25) is 9.38 Å². The molecule has 3 aromatic heterocycles. The Bertz CT molecular complexity index is 917. The third-order valence-corrected chi connectivity index (χ3v) is 4.26. The van der Waals surface area contributed by atoms with Gasteiger partial charge in [-0.2, -0.15) is 0 Å². The molecule has 0 atom stereocenters. The molecule has 0 spiro atoms. The molecule has 0 amide bonds. The third-order valence-electron chi connectivity index (χ3n) is 3.22. The number of thiazole rings is 1. The summed E-state index contributed by atoms with van der Waals surface area (Å²) in [5.74, 6) is 0.168. The van der Waals surface area contributed by atoms with Gasteiger partial charge in [-0.25, -0.2) is 9.78 Å². The fourth-order valence-corrected chi connectivity index (χ4v) is 3.17. The molecular formula is C17H16ClN3O3S. The fraction of sp³-hybridized carbons (Fsp3) is 0.235. The van der Waals surface area contributed by atoms with Crippen molar-refractivity contribution >= 4 is 39.9 Å².